The van der Waals surface area contributed by atoms with Gasteiger partial charge in [0.05, 0.1) is 42.2 Å². The highest BCUT2D eigenvalue weighted by atomic mass is 79.9. The summed E-state index contributed by atoms with van der Waals surface area (Å²) in [6.45, 7) is 6.36. The monoisotopic (exact) mass is 740 g/mol. The quantitative estimate of drug-likeness (QED) is 0.177. The summed E-state index contributed by atoms with van der Waals surface area (Å²) in [4.78, 5) is 32.7. The Morgan fingerprint density at radius 2 is 1.77 bits per heavy atom. The number of benzene rings is 3. The third kappa shape index (κ3) is 6.55. The molecular weight excluding hydrogens is 712 g/mol. The zero-order valence-corrected chi connectivity index (χ0v) is 28.5. The first-order valence-electron chi connectivity index (χ1n) is 13.9. The molecule has 0 aliphatic carbocycles. The SMILES string of the molecule is CCOC(=O)C1=C(C)N=c2s/c(=C/c3cc(Br)ccc3OCc3ccccc3)c(=O)n2[C@H]1c1cc(OC)c(OCC)cc1Br. The largest absolute Gasteiger partial charge is 0.493 e. The van der Waals surface area contributed by atoms with Gasteiger partial charge in [0.15, 0.2) is 16.3 Å². The van der Waals surface area contributed by atoms with Crippen molar-refractivity contribution in [1.82, 2.24) is 4.57 Å². The van der Waals surface area contributed by atoms with Crippen LogP contribution in [0.2, 0.25) is 0 Å². The third-order valence-electron chi connectivity index (χ3n) is 6.89. The predicted molar refractivity (Wildman–Crippen MR) is 177 cm³/mol. The molecule has 1 atom stereocenters. The standard InChI is InChI=1S/C33H30Br2N2O6S/c1-5-41-27-17-24(35)23(16-26(27)40-4)30-29(32(39)42-6-2)19(3)36-33-37(30)31(38)28(44-33)15-21-14-22(34)12-13-25(21)43-18-20-10-8-7-9-11-20/h7-17,30H,5-6,18H2,1-4H3/b28-15+/t30-/m0/s1. The molecule has 3 aromatic carbocycles. The minimum absolute atomic E-state index is 0.176. The van der Waals surface area contributed by atoms with Crippen LogP contribution in [0.3, 0.4) is 0 Å². The van der Waals surface area contributed by atoms with Crippen molar-refractivity contribution < 1.29 is 23.7 Å². The van der Waals surface area contributed by atoms with Gasteiger partial charge in [-0.25, -0.2) is 9.79 Å². The van der Waals surface area contributed by atoms with Crippen molar-refractivity contribution in [2.45, 2.75) is 33.4 Å². The van der Waals surface area contributed by atoms with E-state index in [9.17, 15) is 9.59 Å². The molecule has 0 saturated carbocycles. The van der Waals surface area contributed by atoms with Crippen LogP contribution in [0.15, 0.2) is 90.7 Å². The molecule has 5 rings (SSSR count). The van der Waals surface area contributed by atoms with E-state index in [1.54, 1.807) is 39.2 Å². The van der Waals surface area contributed by atoms with Gasteiger partial charge in [0.2, 0.25) is 0 Å². The molecule has 0 unspecified atom stereocenters. The average Bonchev–Trinajstić information content (AvgIpc) is 3.31. The molecule has 4 aromatic rings. The summed E-state index contributed by atoms with van der Waals surface area (Å²) in [7, 11) is 1.55. The van der Waals surface area contributed by atoms with Crippen molar-refractivity contribution >= 4 is 55.2 Å². The van der Waals surface area contributed by atoms with Gasteiger partial charge in [0.1, 0.15) is 12.4 Å². The second-order valence-electron chi connectivity index (χ2n) is 9.72. The molecule has 1 aliphatic heterocycles. The first-order chi connectivity index (χ1) is 21.2. The summed E-state index contributed by atoms with van der Waals surface area (Å²) in [5, 5.41) is 0. The Balaban J connectivity index is 1.68. The van der Waals surface area contributed by atoms with E-state index in [0.29, 0.717) is 55.5 Å². The lowest BCUT2D eigenvalue weighted by Crippen LogP contribution is -2.40. The number of thiazole rings is 1. The van der Waals surface area contributed by atoms with Crippen LogP contribution in [-0.4, -0.2) is 30.9 Å². The molecule has 0 amide bonds. The molecule has 2 heterocycles. The normalized spacial score (nSPS) is 14.6. The number of nitrogens with zero attached hydrogens (tertiary/aromatic N) is 2. The molecule has 44 heavy (non-hydrogen) atoms. The smallest absolute Gasteiger partial charge is 0.338 e. The number of halogens is 2. The second-order valence-corrected chi connectivity index (χ2v) is 12.5. The number of ether oxygens (including phenoxy) is 4. The molecule has 228 valence electrons. The van der Waals surface area contributed by atoms with Gasteiger partial charge in [-0.15, -0.1) is 0 Å². The Bertz CT molecular complexity index is 1920. The fourth-order valence-electron chi connectivity index (χ4n) is 4.91. The summed E-state index contributed by atoms with van der Waals surface area (Å²) in [6, 6.07) is 18.3. The number of aromatic nitrogens is 1. The van der Waals surface area contributed by atoms with Gasteiger partial charge >= 0.3 is 5.97 Å². The molecule has 0 bridgehead atoms. The highest BCUT2D eigenvalue weighted by Crippen LogP contribution is 2.41. The van der Waals surface area contributed by atoms with E-state index in [1.807, 2.05) is 55.5 Å². The van der Waals surface area contributed by atoms with E-state index in [1.165, 1.54) is 15.9 Å². The molecule has 0 saturated heterocycles. The predicted octanol–water partition coefficient (Wildman–Crippen LogP) is 6.31. The highest BCUT2D eigenvalue weighted by Gasteiger charge is 2.35. The number of carbonyl (C=O) groups excluding carboxylic acids is 1. The fraction of sp³-hybridized carbons (Fsp3) is 0.242. The Hall–Kier alpha value is -3.67. The number of fused-ring (bicyclic) bond motifs is 1. The van der Waals surface area contributed by atoms with Crippen molar-refractivity contribution in [1.29, 1.82) is 0 Å². The maximum Gasteiger partial charge on any atom is 0.338 e. The number of allylic oxidation sites excluding steroid dienone is 1. The lowest BCUT2D eigenvalue weighted by Gasteiger charge is -2.26. The van der Waals surface area contributed by atoms with E-state index in [0.717, 1.165) is 15.6 Å². The van der Waals surface area contributed by atoms with Crippen molar-refractivity contribution in [3.8, 4) is 17.2 Å². The maximum atomic E-state index is 14.2. The lowest BCUT2D eigenvalue weighted by molar-refractivity contribution is -0.139. The van der Waals surface area contributed by atoms with E-state index >= 15 is 0 Å². The molecule has 11 heteroatoms. The maximum absolute atomic E-state index is 14.2. The highest BCUT2D eigenvalue weighted by molar-refractivity contribution is 9.10. The Morgan fingerprint density at radius 1 is 1.00 bits per heavy atom. The Morgan fingerprint density at radius 3 is 2.48 bits per heavy atom. The van der Waals surface area contributed by atoms with Gasteiger partial charge in [-0.05, 0) is 68.3 Å². The van der Waals surface area contributed by atoms with Crippen molar-refractivity contribution in [2.75, 3.05) is 20.3 Å². The number of esters is 1. The first-order valence-corrected chi connectivity index (χ1v) is 16.3. The number of methoxy groups -OCH3 is 1. The minimum Gasteiger partial charge on any atom is -0.493 e. The summed E-state index contributed by atoms with van der Waals surface area (Å²) < 4.78 is 26.4. The second kappa shape index (κ2) is 14.0. The van der Waals surface area contributed by atoms with Crippen LogP contribution >= 0.6 is 43.2 Å². The van der Waals surface area contributed by atoms with Gasteiger partial charge in [-0.2, -0.15) is 0 Å². The lowest BCUT2D eigenvalue weighted by atomic mass is 9.95. The van der Waals surface area contributed by atoms with Gasteiger partial charge in [0.25, 0.3) is 5.56 Å². The molecule has 8 nitrogen and oxygen atoms in total. The summed E-state index contributed by atoms with van der Waals surface area (Å²) in [5.74, 6) is 1.09. The van der Waals surface area contributed by atoms with Gasteiger partial charge in [-0.3, -0.25) is 9.36 Å². The average molecular weight is 742 g/mol. The number of carbonyl (C=O) groups is 1. The zero-order chi connectivity index (χ0) is 31.4. The molecule has 1 aliphatic rings. The van der Waals surface area contributed by atoms with E-state index in [-0.39, 0.29) is 17.7 Å². The first kappa shape index (κ1) is 31.7. The minimum atomic E-state index is -0.831. The summed E-state index contributed by atoms with van der Waals surface area (Å²) in [6.07, 6.45) is 1.79. The van der Waals surface area contributed by atoms with Gasteiger partial charge in [0, 0.05) is 14.5 Å². The third-order valence-corrected chi connectivity index (χ3v) is 9.05. The van der Waals surface area contributed by atoms with Gasteiger partial charge < -0.3 is 18.9 Å². The van der Waals surface area contributed by atoms with Crippen molar-refractivity contribution in [3.05, 3.63) is 117 Å². The summed E-state index contributed by atoms with van der Waals surface area (Å²) >= 11 is 8.45. The zero-order valence-electron chi connectivity index (χ0n) is 24.6. The Kier molecular flexibility index (Phi) is 10.1. The van der Waals surface area contributed by atoms with Gasteiger partial charge in [-0.1, -0.05) is 73.5 Å². The summed E-state index contributed by atoms with van der Waals surface area (Å²) in [5.41, 5.74) is 2.82. The number of hydrogen-bond donors (Lipinski definition) is 0. The van der Waals surface area contributed by atoms with Crippen LogP contribution in [0.5, 0.6) is 17.2 Å². The van der Waals surface area contributed by atoms with Crippen molar-refractivity contribution in [2.24, 2.45) is 4.99 Å². The van der Waals surface area contributed by atoms with E-state index < -0.39 is 12.0 Å². The molecular formula is C33H30Br2N2O6S. The van der Waals surface area contributed by atoms with E-state index in [2.05, 4.69) is 31.9 Å². The van der Waals surface area contributed by atoms with Crippen LogP contribution in [0.25, 0.3) is 6.08 Å². The molecule has 0 spiro atoms. The molecule has 0 radical (unpaired) electrons. The van der Waals surface area contributed by atoms with E-state index in [4.69, 9.17) is 23.9 Å². The van der Waals surface area contributed by atoms with Crippen molar-refractivity contribution in [3.63, 3.8) is 0 Å². The number of rotatable bonds is 10. The topological polar surface area (TPSA) is 88.4 Å². The van der Waals surface area contributed by atoms with Crippen LogP contribution in [-0.2, 0) is 16.1 Å². The number of hydrogen-bond acceptors (Lipinski definition) is 8. The van der Waals surface area contributed by atoms with Crippen LogP contribution < -0.4 is 29.1 Å². The van der Waals surface area contributed by atoms with Crippen LogP contribution in [0.4, 0.5) is 0 Å². The molecule has 1 aromatic heterocycles. The Labute approximate surface area is 275 Å². The molecule has 0 N–H and O–H groups in total. The van der Waals surface area contributed by atoms with Crippen LogP contribution in [0.1, 0.15) is 43.5 Å². The molecule has 0 fully saturated rings. The fourth-order valence-corrected chi connectivity index (χ4v) is 6.87. The van der Waals surface area contributed by atoms with Crippen LogP contribution in [0, 0.1) is 0 Å².